The highest BCUT2D eigenvalue weighted by Crippen LogP contribution is 2.42. The summed E-state index contributed by atoms with van der Waals surface area (Å²) in [4.78, 5) is 6.77. The summed E-state index contributed by atoms with van der Waals surface area (Å²) >= 11 is 5.80. The van der Waals surface area contributed by atoms with Crippen LogP contribution in [0.15, 0.2) is 97.5 Å². The van der Waals surface area contributed by atoms with Crippen LogP contribution in [0.2, 0.25) is 0 Å². The number of nitrogens with zero attached hydrogens (tertiary/aromatic N) is 3. The zero-order valence-corrected chi connectivity index (χ0v) is 17.9. The second-order valence-corrected chi connectivity index (χ2v) is 7.77. The summed E-state index contributed by atoms with van der Waals surface area (Å²) in [5.74, 6) is 0.794. The summed E-state index contributed by atoms with van der Waals surface area (Å²) in [6, 6.07) is 26.3. The lowest BCUT2D eigenvalue weighted by molar-refractivity contribution is 0.415. The molecule has 1 N–H and O–H groups in total. The third kappa shape index (κ3) is 3.66. The van der Waals surface area contributed by atoms with Gasteiger partial charge in [0.15, 0.2) is 5.11 Å². The van der Waals surface area contributed by atoms with E-state index in [1.807, 2.05) is 60.8 Å². The minimum absolute atomic E-state index is 0.0560. The minimum atomic E-state index is -0.0773. The molecule has 0 saturated carbocycles. The highest BCUT2D eigenvalue weighted by molar-refractivity contribution is 7.80. The molecule has 0 amide bonds. The number of ether oxygens (including phenoxy) is 1. The lowest BCUT2D eigenvalue weighted by Crippen LogP contribution is -2.29. The van der Waals surface area contributed by atoms with Crippen LogP contribution in [0.25, 0.3) is 5.69 Å². The van der Waals surface area contributed by atoms with Crippen LogP contribution in [-0.4, -0.2) is 21.8 Å². The first-order valence-electron chi connectivity index (χ1n) is 10.1. The van der Waals surface area contributed by atoms with Crippen molar-refractivity contribution in [1.29, 1.82) is 0 Å². The topological polar surface area (TPSA) is 42.3 Å². The quantitative estimate of drug-likeness (QED) is 0.452. The molecule has 2 aromatic carbocycles. The highest BCUT2D eigenvalue weighted by Gasteiger charge is 2.41. The van der Waals surface area contributed by atoms with Crippen LogP contribution in [0.5, 0.6) is 5.75 Å². The smallest absolute Gasteiger partial charge is 0.174 e. The van der Waals surface area contributed by atoms with Crippen molar-refractivity contribution in [3.63, 3.8) is 0 Å². The molecule has 3 heterocycles. The van der Waals surface area contributed by atoms with Crippen LogP contribution >= 0.6 is 12.2 Å². The average molecular weight is 427 g/mol. The first-order chi connectivity index (χ1) is 15.2. The third-order valence-corrected chi connectivity index (χ3v) is 5.86. The Morgan fingerprint density at radius 2 is 1.74 bits per heavy atom. The van der Waals surface area contributed by atoms with Gasteiger partial charge in [-0.3, -0.25) is 4.98 Å². The Kier molecular flexibility index (Phi) is 5.14. The molecule has 2 aromatic heterocycles. The summed E-state index contributed by atoms with van der Waals surface area (Å²) in [6.45, 7) is 0. The predicted molar refractivity (Wildman–Crippen MR) is 127 cm³/mol. The van der Waals surface area contributed by atoms with E-state index in [0.717, 1.165) is 28.4 Å². The van der Waals surface area contributed by atoms with E-state index >= 15 is 0 Å². The SMILES string of the molecule is COc1cccc(N2C(=S)N[C@H](c3ccccn3)[C@@H]2c2ccn(-c3ccccc3)c2)c1. The molecule has 2 atom stereocenters. The molecule has 1 fully saturated rings. The van der Waals surface area contributed by atoms with E-state index in [2.05, 4.69) is 56.4 Å². The lowest BCUT2D eigenvalue weighted by Gasteiger charge is -2.27. The Bertz CT molecular complexity index is 1190. The van der Waals surface area contributed by atoms with Crippen LogP contribution in [0.3, 0.4) is 0 Å². The summed E-state index contributed by atoms with van der Waals surface area (Å²) in [7, 11) is 1.67. The second-order valence-electron chi connectivity index (χ2n) is 7.39. The molecule has 1 aliphatic rings. The number of nitrogens with one attached hydrogen (secondary N) is 1. The van der Waals surface area contributed by atoms with Gasteiger partial charge in [-0.05, 0) is 60.2 Å². The second kappa shape index (κ2) is 8.24. The summed E-state index contributed by atoms with van der Waals surface area (Å²) < 4.78 is 7.59. The van der Waals surface area contributed by atoms with Crippen molar-refractivity contribution in [3.05, 3.63) is 109 Å². The molecule has 154 valence electrons. The maximum atomic E-state index is 5.80. The number of hydrogen-bond acceptors (Lipinski definition) is 3. The van der Waals surface area contributed by atoms with Crippen molar-refractivity contribution in [2.45, 2.75) is 12.1 Å². The van der Waals surface area contributed by atoms with Crippen LogP contribution in [-0.2, 0) is 0 Å². The van der Waals surface area contributed by atoms with Crippen molar-refractivity contribution in [2.24, 2.45) is 0 Å². The van der Waals surface area contributed by atoms with E-state index in [9.17, 15) is 0 Å². The first-order valence-corrected chi connectivity index (χ1v) is 10.5. The van der Waals surface area contributed by atoms with Crippen molar-refractivity contribution in [1.82, 2.24) is 14.9 Å². The number of para-hydroxylation sites is 1. The van der Waals surface area contributed by atoms with Gasteiger partial charge in [0, 0.05) is 36.0 Å². The molecule has 5 nitrogen and oxygen atoms in total. The third-order valence-electron chi connectivity index (χ3n) is 5.54. The van der Waals surface area contributed by atoms with E-state index in [1.54, 1.807) is 7.11 Å². The van der Waals surface area contributed by atoms with Crippen LogP contribution in [0.4, 0.5) is 5.69 Å². The number of pyridine rings is 1. The largest absolute Gasteiger partial charge is 0.497 e. The van der Waals surface area contributed by atoms with E-state index in [4.69, 9.17) is 17.0 Å². The number of thiocarbonyl (C=S) groups is 1. The molecule has 0 aliphatic carbocycles. The van der Waals surface area contributed by atoms with Gasteiger partial charge in [0.05, 0.1) is 24.9 Å². The van der Waals surface area contributed by atoms with Gasteiger partial charge in [-0.25, -0.2) is 0 Å². The molecule has 1 aliphatic heterocycles. The normalized spacial score (nSPS) is 18.1. The molecule has 0 bridgehead atoms. The lowest BCUT2D eigenvalue weighted by atomic mass is 9.98. The molecule has 5 rings (SSSR count). The average Bonchev–Trinajstić information content (AvgIpc) is 3.45. The Hall–Kier alpha value is -3.64. The molecule has 0 spiro atoms. The number of anilines is 1. The van der Waals surface area contributed by atoms with Gasteiger partial charge in [0.25, 0.3) is 0 Å². The van der Waals surface area contributed by atoms with Gasteiger partial charge < -0.3 is 19.5 Å². The maximum absolute atomic E-state index is 5.80. The number of benzene rings is 2. The van der Waals surface area contributed by atoms with Gasteiger partial charge in [-0.2, -0.15) is 0 Å². The Morgan fingerprint density at radius 3 is 2.52 bits per heavy atom. The van der Waals surface area contributed by atoms with E-state index < -0.39 is 0 Å². The fourth-order valence-electron chi connectivity index (χ4n) is 4.08. The molecular weight excluding hydrogens is 404 g/mol. The van der Waals surface area contributed by atoms with Crippen LogP contribution in [0.1, 0.15) is 23.3 Å². The molecule has 0 radical (unpaired) electrons. The van der Waals surface area contributed by atoms with Crippen molar-refractivity contribution in [3.8, 4) is 11.4 Å². The van der Waals surface area contributed by atoms with Crippen LogP contribution in [0, 0.1) is 0 Å². The van der Waals surface area contributed by atoms with E-state index in [-0.39, 0.29) is 12.1 Å². The minimum Gasteiger partial charge on any atom is -0.497 e. The first kappa shape index (κ1) is 19.3. The Labute approximate surface area is 186 Å². The van der Waals surface area contributed by atoms with Crippen LogP contribution < -0.4 is 15.0 Å². The zero-order chi connectivity index (χ0) is 21.2. The monoisotopic (exact) mass is 426 g/mol. The Balaban J connectivity index is 1.61. The number of aromatic nitrogens is 2. The predicted octanol–water partition coefficient (Wildman–Crippen LogP) is 5.06. The van der Waals surface area contributed by atoms with Gasteiger partial charge in [-0.1, -0.05) is 30.3 Å². The maximum Gasteiger partial charge on any atom is 0.174 e. The summed E-state index contributed by atoms with van der Waals surface area (Å²) in [6.07, 6.45) is 6.07. The molecule has 4 aromatic rings. The molecular formula is C25H22N4OS. The molecule has 31 heavy (non-hydrogen) atoms. The fraction of sp³-hybridized carbons (Fsp3) is 0.120. The number of hydrogen-bond donors (Lipinski definition) is 1. The number of rotatable bonds is 5. The van der Waals surface area contributed by atoms with E-state index in [1.165, 1.54) is 0 Å². The highest BCUT2D eigenvalue weighted by atomic mass is 32.1. The molecule has 6 heteroatoms. The van der Waals surface area contributed by atoms with Gasteiger partial charge in [0.2, 0.25) is 0 Å². The van der Waals surface area contributed by atoms with Crippen molar-refractivity contribution < 1.29 is 4.74 Å². The van der Waals surface area contributed by atoms with Crippen molar-refractivity contribution in [2.75, 3.05) is 12.0 Å². The summed E-state index contributed by atoms with van der Waals surface area (Å²) in [5, 5.41) is 4.17. The Morgan fingerprint density at radius 1 is 0.935 bits per heavy atom. The zero-order valence-electron chi connectivity index (χ0n) is 17.1. The number of methoxy groups -OCH3 is 1. The van der Waals surface area contributed by atoms with E-state index in [0.29, 0.717) is 5.11 Å². The van der Waals surface area contributed by atoms with Gasteiger partial charge >= 0.3 is 0 Å². The molecule has 0 unspecified atom stereocenters. The standard InChI is InChI=1S/C25H22N4OS/c1-30-21-11-7-10-20(16-21)29-24(23(27-25(29)31)22-12-5-6-14-26-22)18-13-15-28(17-18)19-8-3-2-4-9-19/h2-17,23-24H,1H3,(H,27,31)/t23-,24+/m1/s1. The molecule has 1 saturated heterocycles. The van der Waals surface area contributed by atoms with Crippen molar-refractivity contribution >= 4 is 23.0 Å². The fourth-order valence-corrected chi connectivity index (χ4v) is 4.43. The summed E-state index contributed by atoms with van der Waals surface area (Å²) in [5.41, 5.74) is 4.19. The van der Waals surface area contributed by atoms with Gasteiger partial charge in [-0.15, -0.1) is 0 Å². The van der Waals surface area contributed by atoms with Gasteiger partial charge in [0.1, 0.15) is 5.75 Å².